The molecule has 2 atom stereocenters. The predicted octanol–water partition coefficient (Wildman–Crippen LogP) is 4.77. The Bertz CT molecular complexity index is 774. The van der Waals surface area contributed by atoms with E-state index in [4.69, 9.17) is 11.6 Å². The van der Waals surface area contributed by atoms with Gasteiger partial charge in [0.1, 0.15) is 0 Å². The summed E-state index contributed by atoms with van der Waals surface area (Å²) in [5, 5.41) is 4.41. The van der Waals surface area contributed by atoms with Crippen molar-refractivity contribution in [3.63, 3.8) is 0 Å². The monoisotopic (exact) mass is 356 g/mol. The molecule has 124 valence electrons. The van der Waals surface area contributed by atoms with Gasteiger partial charge in [-0.05, 0) is 66.1 Å². The second-order valence-corrected chi connectivity index (χ2v) is 8.55. The van der Waals surface area contributed by atoms with E-state index >= 15 is 0 Å². The van der Waals surface area contributed by atoms with Crippen molar-refractivity contribution in [1.29, 1.82) is 0 Å². The Labute approximate surface area is 152 Å². The molecule has 4 heteroatoms. The first-order valence-corrected chi connectivity index (χ1v) is 10.2. The van der Waals surface area contributed by atoms with E-state index in [0.717, 1.165) is 18.1 Å². The number of fused-ring (bicyclic) bond motifs is 3. The van der Waals surface area contributed by atoms with Crippen molar-refractivity contribution >= 4 is 29.1 Å². The Balaban J connectivity index is 1.67. The number of hydrogen-bond donors (Lipinski definition) is 1. The van der Waals surface area contributed by atoms with Crippen LogP contribution in [0.1, 0.15) is 24.3 Å². The number of nitrogens with zero attached hydrogens (tertiary/aromatic N) is 1. The van der Waals surface area contributed by atoms with Gasteiger partial charge in [-0.15, -0.1) is 11.8 Å². The third-order valence-electron chi connectivity index (χ3n) is 5.62. The van der Waals surface area contributed by atoms with Crippen LogP contribution in [0.4, 0.5) is 5.69 Å². The fraction of sp³-hybridized carbons (Fsp3) is 0.400. The van der Waals surface area contributed by atoms with Gasteiger partial charge in [0.2, 0.25) is 0 Å². The molecule has 2 aromatic carbocycles. The minimum absolute atomic E-state index is 0.637. The van der Waals surface area contributed by atoms with Crippen molar-refractivity contribution in [3.8, 4) is 11.1 Å². The molecule has 1 saturated heterocycles. The molecule has 3 aliphatic rings. The average Bonchev–Trinajstić information content (AvgIpc) is 2.78. The number of anilines is 1. The van der Waals surface area contributed by atoms with Gasteiger partial charge in [-0.1, -0.05) is 23.7 Å². The van der Waals surface area contributed by atoms with Crippen LogP contribution in [-0.2, 0) is 0 Å². The summed E-state index contributed by atoms with van der Waals surface area (Å²) >= 11 is 8.11. The fourth-order valence-corrected chi connectivity index (χ4v) is 5.74. The molecule has 1 fully saturated rings. The van der Waals surface area contributed by atoms with Crippen LogP contribution < -0.4 is 10.2 Å². The van der Waals surface area contributed by atoms with Gasteiger partial charge in [0.25, 0.3) is 0 Å². The summed E-state index contributed by atoms with van der Waals surface area (Å²) in [4.78, 5) is 4.20. The van der Waals surface area contributed by atoms with E-state index in [0.29, 0.717) is 12.0 Å². The number of benzene rings is 2. The van der Waals surface area contributed by atoms with Crippen LogP contribution in [0.3, 0.4) is 0 Å². The van der Waals surface area contributed by atoms with Crippen LogP contribution in [-0.4, -0.2) is 31.4 Å². The van der Waals surface area contributed by atoms with E-state index < -0.39 is 0 Å². The Morgan fingerprint density at radius 1 is 1.12 bits per heavy atom. The topological polar surface area (TPSA) is 15.3 Å². The summed E-state index contributed by atoms with van der Waals surface area (Å²) in [6.07, 6.45) is 2.55. The summed E-state index contributed by atoms with van der Waals surface area (Å²) in [5.41, 5.74) is 5.70. The number of piperidine rings is 1. The van der Waals surface area contributed by atoms with Gasteiger partial charge in [0, 0.05) is 35.0 Å². The van der Waals surface area contributed by atoms with Crippen LogP contribution in [0.5, 0.6) is 0 Å². The zero-order valence-electron chi connectivity index (χ0n) is 13.6. The van der Waals surface area contributed by atoms with Gasteiger partial charge < -0.3 is 10.2 Å². The van der Waals surface area contributed by atoms with Gasteiger partial charge in [-0.25, -0.2) is 0 Å². The molecule has 2 aromatic rings. The predicted molar refractivity (Wildman–Crippen MR) is 104 cm³/mol. The molecule has 0 aromatic heterocycles. The van der Waals surface area contributed by atoms with Crippen molar-refractivity contribution in [2.24, 2.45) is 0 Å². The second-order valence-electron chi connectivity index (χ2n) is 6.98. The van der Waals surface area contributed by atoms with Crippen molar-refractivity contribution in [3.05, 3.63) is 47.0 Å². The summed E-state index contributed by atoms with van der Waals surface area (Å²) < 4.78 is 0. The van der Waals surface area contributed by atoms with Crippen LogP contribution in [0.15, 0.2) is 41.3 Å². The molecule has 0 aliphatic carbocycles. The molecule has 24 heavy (non-hydrogen) atoms. The lowest BCUT2D eigenvalue weighted by Gasteiger charge is -2.33. The first kappa shape index (κ1) is 15.1. The van der Waals surface area contributed by atoms with Crippen LogP contribution in [0.2, 0.25) is 5.02 Å². The zero-order valence-corrected chi connectivity index (χ0v) is 15.2. The lowest BCUT2D eigenvalue weighted by atomic mass is 9.88. The standard InChI is InChI=1S/C20H21ClN2S/c21-15-4-2-13(3-5-15)14-10-16-17-12-22-7-6-18(17)23-8-1-9-24-19(11-14)20(16)23/h2-5,10-11,17-18,22H,1,6-9,12H2. The number of halogens is 1. The first-order valence-electron chi connectivity index (χ1n) is 8.85. The summed E-state index contributed by atoms with van der Waals surface area (Å²) in [6.45, 7) is 3.48. The quantitative estimate of drug-likeness (QED) is 0.792. The second kappa shape index (κ2) is 5.98. The third-order valence-corrected chi connectivity index (χ3v) is 6.98. The molecule has 3 heterocycles. The maximum atomic E-state index is 6.07. The highest BCUT2D eigenvalue weighted by Crippen LogP contribution is 2.51. The van der Waals surface area contributed by atoms with Gasteiger partial charge in [-0.2, -0.15) is 0 Å². The molecule has 2 unspecified atom stereocenters. The highest BCUT2D eigenvalue weighted by atomic mass is 35.5. The molecule has 2 nitrogen and oxygen atoms in total. The molecule has 0 spiro atoms. The van der Waals surface area contributed by atoms with E-state index in [1.54, 1.807) is 5.56 Å². The van der Waals surface area contributed by atoms with Gasteiger partial charge in [0.05, 0.1) is 5.69 Å². The Hall–Kier alpha value is -1.16. The first-order chi connectivity index (χ1) is 11.8. The zero-order chi connectivity index (χ0) is 16.1. The molecular weight excluding hydrogens is 336 g/mol. The van der Waals surface area contributed by atoms with E-state index in [1.807, 2.05) is 23.9 Å². The van der Waals surface area contributed by atoms with Crippen molar-refractivity contribution in [2.45, 2.75) is 29.7 Å². The maximum absolute atomic E-state index is 6.07. The highest BCUT2D eigenvalue weighted by Gasteiger charge is 2.41. The van der Waals surface area contributed by atoms with Gasteiger partial charge >= 0.3 is 0 Å². The Kier molecular flexibility index (Phi) is 3.77. The number of thioether (sulfide) groups is 1. The number of rotatable bonds is 1. The maximum Gasteiger partial charge on any atom is 0.0544 e. The highest BCUT2D eigenvalue weighted by molar-refractivity contribution is 7.99. The third kappa shape index (κ3) is 2.37. The Morgan fingerprint density at radius 2 is 2.00 bits per heavy atom. The summed E-state index contributed by atoms with van der Waals surface area (Å²) in [7, 11) is 0. The minimum Gasteiger partial charge on any atom is -0.367 e. The van der Waals surface area contributed by atoms with Crippen LogP contribution in [0.25, 0.3) is 11.1 Å². The smallest absolute Gasteiger partial charge is 0.0544 e. The number of hydrogen-bond acceptors (Lipinski definition) is 3. The van der Waals surface area contributed by atoms with Crippen LogP contribution >= 0.6 is 23.4 Å². The van der Waals surface area contributed by atoms with Gasteiger partial charge in [0.15, 0.2) is 0 Å². The van der Waals surface area contributed by atoms with E-state index in [2.05, 4.69) is 34.5 Å². The molecule has 5 rings (SSSR count). The fourth-order valence-electron chi connectivity index (χ4n) is 4.53. The number of nitrogens with one attached hydrogen (secondary N) is 1. The average molecular weight is 357 g/mol. The molecule has 0 radical (unpaired) electrons. The molecule has 0 amide bonds. The summed E-state index contributed by atoms with van der Waals surface area (Å²) in [6, 6.07) is 13.8. The lowest BCUT2D eigenvalue weighted by molar-refractivity contribution is 0.403. The largest absolute Gasteiger partial charge is 0.367 e. The molecular formula is C20H21ClN2S. The van der Waals surface area contributed by atoms with Crippen molar-refractivity contribution in [1.82, 2.24) is 5.32 Å². The van der Waals surface area contributed by atoms with Crippen LogP contribution in [0, 0.1) is 0 Å². The van der Waals surface area contributed by atoms with Gasteiger partial charge in [-0.3, -0.25) is 0 Å². The van der Waals surface area contributed by atoms with E-state index in [1.165, 1.54) is 46.8 Å². The molecule has 0 saturated carbocycles. The summed E-state index contributed by atoms with van der Waals surface area (Å²) in [5.74, 6) is 1.86. The molecule has 3 aliphatic heterocycles. The van der Waals surface area contributed by atoms with E-state index in [9.17, 15) is 0 Å². The Morgan fingerprint density at radius 3 is 2.88 bits per heavy atom. The molecule has 0 bridgehead atoms. The van der Waals surface area contributed by atoms with Crippen molar-refractivity contribution < 1.29 is 0 Å². The van der Waals surface area contributed by atoms with Crippen molar-refractivity contribution in [2.75, 3.05) is 30.3 Å². The minimum atomic E-state index is 0.637. The lowest BCUT2D eigenvalue weighted by Crippen LogP contribution is -2.44. The normalized spacial score (nSPS) is 25.1. The SMILES string of the molecule is Clc1ccc(-c2cc3c4c(c2)C2CNCCC2N4CCCS3)cc1. The molecule has 1 N–H and O–H groups in total. The van der Waals surface area contributed by atoms with E-state index in [-0.39, 0.29) is 0 Å².